The van der Waals surface area contributed by atoms with Gasteiger partial charge in [-0.3, -0.25) is 15.1 Å². The van der Waals surface area contributed by atoms with Crippen LogP contribution >= 0.6 is 35.6 Å². The van der Waals surface area contributed by atoms with Gasteiger partial charge in [0.2, 0.25) is 0 Å². The zero-order valence-electron chi connectivity index (χ0n) is 22.8. The summed E-state index contributed by atoms with van der Waals surface area (Å²) in [6, 6.07) is 30.5. The molecule has 0 amide bonds. The van der Waals surface area contributed by atoms with Crippen molar-refractivity contribution in [1.29, 1.82) is 0 Å². The second-order valence-corrected chi connectivity index (χ2v) is 12.0. The number of anilines is 1. The van der Waals surface area contributed by atoms with Crippen molar-refractivity contribution in [3.63, 3.8) is 0 Å². The molecular weight excluding hydrogens is 586 g/mol. The van der Waals surface area contributed by atoms with Gasteiger partial charge in [0.25, 0.3) is 5.69 Å². The Balaban J connectivity index is 1.37. The molecule has 2 aromatic heterocycles. The number of hydrogen-bond donors (Lipinski definition) is 1. The Morgan fingerprint density at radius 1 is 0.929 bits per heavy atom. The molecule has 10 heteroatoms. The van der Waals surface area contributed by atoms with Crippen molar-refractivity contribution in [3.05, 3.63) is 141 Å². The first kappa shape index (κ1) is 28.0. The van der Waals surface area contributed by atoms with Crippen LogP contribution in [-0.2, 0) is 0 Å². The second kappa shape index (κ2) is 11.6. The molecule has 0 saturated carbocycles. The van der Waals surface area contributed by atoms with Gasteiger partial charge in [-0.05, 0) is 104 Å². The summed E-state index contributed by atoms with van der Waals surface area (Å²) in [6.07, 6.45) is 1.80. The smallest absolute Gasteiger partial charge is 0.269 e. The maximum atomic E-state index is 11.0. The highest BCUT2D eigenvalue weighted by atomic mass is 35.5. The third-order valence-corrected chi connectivity index (χ3v) is 8.92. The van der Waals surface area contributed by atoms with Crippen molar-refractivity contribution in [3.8, 4) is 5.69 Å². The average molecular weight is 612 g/mol. The Labute approximate surface area is 258 Å². The summed E-state index contributed by atoms with van der Waals surface area (Å²) in [4.78, 5) is 19.4. The molecule has 210 valence electrons. The largest absolute Gasteiger partial charge is 0.351 e. The molecule has 1 fully saturated rings. The van der Waals surface area contributed by atoms with Crippen LogP contribution < -0.4 is 10.2 Å². The summed E-state index contributed by atoms with van der Waals surface area (Å²) < 4.78 is 2.22. The molecule has 7 nitrogen and oxygen atoms in total. The van der Waals surface area contributed by atoms with Gasteiger partial charge in [-0.25, -0.2) is 0 Å². The van der Waals surface area contributed by atoms with Gasteiger partial charge >= 0.3 is 0 Å². The van der Waals surface area contributed by atoms with Gasteiger partial charge in [0, 0.05) is 55.9 Å². The molecule has 0 spiro atoms. The fourth-order valence-corrected chi connectivity index (χ4v) is 6.84. The van der Waals surface area contributed by atoms with E-state index in [4.69, 9.17) is 23.8 Å². The van der Waals surface area contributed by atoms with Gasteiger partial charge in [-0.15, -0.1) is 0 Å². The zero-order valence-corrected chi connectivity index (χ0v) is 25.2. The molecule has 0 radical (unpaired) electrons. The maximum absolute atomic E-state index is 11.0. The zero-order chi connectivity index (χ0) is 29.4. The van der Waals surface area contributed by atoms with Crippen LogP contribution in [0.25, 0.3) is 5.69 Å². The summed E-state index contributed by atoms with van der Waals surface area (Å²) in [5.74, 6) is 0. The highest BCUT2D eigenvalue weighted by molar-refractivity contribution is 7.99. The Hall–Kier alpha value is -4.18. The molecule has 2 atom stereocenters. The SMILES string of the molecule is Cc1cc([C@H]2[C@H](c3ccccn3)NC(=S)N2c2ccc(Sc3ccc([N+](=O)[O-])cc3)cc2)c(C)n1-c1cccc(Cl)c1. The van der Waals surface area contributed by atoms with Crippen molar-refractivity contribution < 1.29 is 4.92 Å². The number of aromatic nitrogens is 2. The van der Waals surface area contributed by atoms with Crippen molar-refractivity contribution in [1.82, 2.24) is 14.9 Å². The number of non-ortho nitro benzene ring substituents is 1. The van der Waals surface area contributed by atoms with Gasteiger partial charge in [-0.1, -0.05) is 35.5 Å². The summed E-state index contributed by atoms with van der Waals surface area (Å²) in [6.45, 7) is 4.23. The fourth-order valence-electron chi connectivity index (χ4n) is 5.50. The average Bonchev–Trinajstić information content (AvgIpc) is 3.48. The molecule has 0 aliphatic carbocycles. The number of hydrogen-bond acceptors (Lipinski definition) is 5. The summed E-state index contributed by atoms with van der Waals surface area (Å²) in [7, 11) is 0. The monoisotopic (exact) mass is 611 g/mol. The molecule has 1 saturated heterocycles. The minimum Gasteiger partial charge on any atom is -0.351 e. The number of halogens is 1. The molecule has 6 rings (SSSR count). The van der Waals surface area contributed by atoms with Crippen LogP contribution in [0.2, 0.25) is 5.02 Å². The Morgan fingerprint density at radius 3 is 2.29 bits per heavy atom. The topological polar surface area (TPSA) is 76.2 Å². The Morgan fingerprint density at radius 2 is 1.64 bits per heavy atom. The quantitative estimate of drug-likeness (QED) is 0.112. The van der Waals surface area contributed by atoms with Crippen molar-refractivity contribution >= 4 is 52.1 Å². The Kier molecular flexibility index (Phi) is 7.72. The van der Waals surface area contributed by atoms with Crippen LogP contribution in [-0.4, -0.2) is 19.6 Å². The lowest BCUT2D eigenvalue weighted by molar-refractivity contribution is -0.384. The summed E-state index contributed by atoms with van der Waals surface area (Å²) in [5.41, 5.74) is 6.28. The van der Waals surface area contributed by atoms with E-state index in [1.54, 1.807) is 30.1 Å². The van der Waals surface area contributed by atoms with Gasteiger partial charge in [0.1, 0.15) is 0 Å². The summed E-state index contributed by atoms with van der Waals surface area (Å²) >= 11 is 13.8. The first-order valence-electron chi connectivity index (χ1n) is 13.3. The van der Waals surface area contributed by atoms with Gasteiger partial charge < -0.3 is 14.8 Å². The third-order valence-electron chi connectivity index (χ3n) is 7.35. The first-order valence-corrected chi connectivity index (χ1v) is 14.9. The third kappa shape index (κ3) is 5.38. The van der Waals surface area contributed by atoms with Gasteiger partial charge in [-0.2, -0.15) is 0 Å². The lowest BCUT2D eigenvalue weighted by Crippen LogP contribution is -2.29. The lowest BCUT2D eigenvalue weighted by Gasteiger charge is -2.28. The number of pyridine rings is 1. The molecule has 0 bridgehead atoms. The summed E-state index contributed by atoms with van der Waals surface area (Å²) in [5, 5.41) is 15.9. The highest BCUT2D eigenvalue weighted by Gasteiger charge is 2.42. The van der Waals surface area contributed by atoms with Crippen LogP contribution in [0.5, 0.6) is 0 Å². The van der Waals surface area contributed by atoms with Crippen LogP contribution in [0.1, 0.15) is 34.7 Å². The van der Waals surface area contributed by atoms with E-state index in [0.29, 0.717) is 10.1 Å². The fraction of sp³-hybridized carbons (Fsp3) is 0.125. The van der Waals surface area contributed by atoms with E-state index < -0.39 is 4.92 Å². The van der Waals surface area contributed by atoms with E-state index in [2.05, 4.69) is 57.9 Å². The molecule has 1 N–H and O–H groups in total. The van der Waals surface area contributed by atoms with Crippen molar-refractivity contribution in [2.75, 3.05) is 4.90 Å². The first-order chi connectivity index (χ1) is 20.3. The maximum Gasteiger partial charge on any atom is 0.269 e. The molecule has 5 aromatic rings. The van der Waals surface area contributed by atoms with E-state index in [9.17, 15) is 10.1 Å². The van der Waals surface area contributed by atoms with Gasteiger partial charge in [0.15, 0.2) is 5.11 Å². The van der Waals surface area contributed by atoms with Crippen molar-refractivity contribution in [2.24, 2.45) is 0 Å². The van der Waals surface area contributed by atoms with E-state index in [-0.39, 0.29) is 17.8 Å². The lowest BCUT2D eigenvalue weighted by atomic mass is 9.96. The van der Waals surface area contributed by atoms with E-state index in [0.717, 1.165) is 43.8 Å². The van der Waals surface area contributed by atoms with Crippen LogP contribution in [0.3, 0.4) is 0 Å². The molecule has 1 aliphatic rings. The number of nitro benzene ring substituents is 1. The minimum atomic E-state index is -0.392. The number of aryl methyl sites for hydroxylation is 1. The molecular formula is C32H26ClN5O2S2. The standard InChI is InChI=1S/C32H26ClN5O2S2/c1-20-18-28(21(2)36(20)25-7-5-6-22(33)19-25)31-30(29-8-3-4-17-34-29)35-32(41)37(31)23-9-13-26(14-10-23)42-27-15-11-24(12-16-27)38(39)40/h3-19,30-31H,1-2H3,(H,35,41)/t30-,31-/m0/s1. The van der Waals surface area contributed by atoms with E-state index in [1.807, 2.05) is 48.5 Å². The van der Waals surface area contributed by atoms with Crippen LogP contribution in [0, 0.1) is 24.0 Å². The molecule has 3 heterocycles. The van der Waals surface area contributed by atoms with Gasteiger partial charge in [0.05, 0.1) is 22.7 Å². The molecule has 0 unspecified atom stereocenters. The Bertz CT molecular complexity index is 1780. The number of thiocarbonyl (C=S) groups is 1. The number of nitrogens with one attached hydrogen (secondary N) is 1. The number of rotatable bonds is 7. The molecule has 42 heavy (non-hydrogen) atoms. The normalized spacial score (nSPS) is 16.5. The molecule has 1 aliphatic heterocycles. The number of nitro groups is 1. The van der Waals surface area contributed by atoms with Crippen LogP contribution in [0.4, 0.5) is 11.4 Å². The van der Waals surface area contributed by atoms with E-state index >= 15 is 0 Å². The van der Waals surface area contributed by atoms with Crippen molar-refractivity contribution in [2.45, 2.75) is 35.7 Å². The van der Waals surface area contributed by atoms with Crippen LogP contribution in [0.15, 0.2) is 113 Å². The minimum absolute atomic E-state index is 0.0768. The highest BCUT2D eigenvalue weighted by Crippen LogP contribution is 2.44. The molecule has 3 aromatic carbocycles. The number of benzene rings is 3. The predicted molar refractivity (Wildman–Crippen MR) is 172 cm³/mol. The predicted octanol–water partition coefficient (Wildman–Crippen LogP) is 8.38. The number of nitrogens with zero attached hydrogens (tertiary/aromatic N) is 4. The van der Waals surface area contributed by atoms with E-state index in [1.165, 1.54) is 12.1 Å². The second-order valence-electron chi connectivity index (χ2n) is 9.99.